The van der Waals surface area contributed by atoms with Gasteiger partial charge in [0.1, 0.15) is 5.75 Å². The van der Waals surface area contributed by atoms with Gasteiger partial charge in [0.15, 0.2) is 5.69 Å². The Morgan fingerprint density at radius 3 is 2.75 bits per heavy atom. The summed E-state index contributed by atoms with van der Waals surface area (Å²) in [5, 5.41) is 19.8. The average Bonchev–Trinajstić information content (AvgIpc) is 2.38. The second-order valence-corrected chi connectivity index (χ2v) is 4.01. The largest absolute Gasteiger partial charge is 0.477 e. The zero-order valence-corrected chi connectivity index (χ0v) is 10.4. The maximum atomic E-state index is 10.9. The first-order valence-corrected chi connectivity index (χ1v) is 5.59. The molecule has 0 atom stereocenters. The minimum atomic E-state index is -1.20. The summed E-state index contributed by atoms with van der Waals surface area (Å²) in [6.07, 6.45) is 1.26. The maximum Gasteiger partial charge on any atom is 0.354 e. The lowest BCUT2D eigenvalue weighted by atomic mass is 10.2. The SMILES string of the molecule is Cc1ccc([N+](=O)[O-])c(Oc2ccnc(C(=O)O)c2)c1. The number of aryl methyl sites for hydroxylation is 1. The van der Waals surface area contributed by atoms with Crippen molar-refractivity contribution in [3.8, 4) is 11.5 Å². The fourth-order valence-electron chi connectivity index (χ4n) is 1.57. The number of pyridine rings is 1. The summed E-state index contributed by atoms with van der Waals surface area (Å²) in [5.41, 5.74) is 0.403. The van der Waals surface area contributed by atoms with E-state index < -0.39 is 10.9 Å². The van der Waals surface area contributed by atoms with Gasteiger partial charge in [-0.3, -0.25) is 10.1 Å². The molecule has 0 fully saturated rings. The Morgan fingerprint density at radius 2 is 2.10 bits per heavy atom. The van der Waals surface area contributed by atoms with Crippen LogP contribution < -0.4 is 4.74 Å². The van der Waals surface area contributed by atoms with E-state index in [-0.39, 0.29) is 22.9 Å². The normalized spacial score (nSPS) is 10.1. The van der Waals surface area contributed by atoms with Crippen LogP contribution in [0.2, 0.25) is 0 Å². The van der Waals surface area contributed by atoms with Gasteiger partial charge in [0.05, 0.1) is 4.92 Å². The van der Waals surface area contributed by atoms with E-state index >= 15 is 0 Å². The standard InChI is InChI=1S/C13H10N2O5/c1-8-2-3-11(15(18)19)12(6-8)20-9-4-5-14-10(7-9)13(16)17/h2-7H,1H3,(H,16,17). The predicted molar refractivity (Wildman–Crippen MR) is 69.1 cm³/mol. The molecule has 0 bridgehead atoms. The Morgan fingerprint density at radius 1 is 1.35 bits per heavy atom. The van der Waals surface area contributed by atoms with E-state index in [2.05, 4.69) is 4.98 Å². The number of hydrogen-bond acceptors (Lipinski definition) is 5. The summed E-state index contributed by atoms with van der Waals surface area (Å²) in [4.78, 5) is 24.8. The number of aromatic nitrogens is 1. The second kappa shape index (κ2) is 5.35. The highest BCUT2D eigenvalue weighted by Crippen LogP contribution is 2.32. The first kappa shape index (κ1) is 13.5. The number of nitro benzene ring substituents is 1. The second-order valence-electron chi connectivity index (χ2n) is 4.01. The Hall–Kier alpha value is -2.96. The summed E-state index contributed by atoms with van der Waals surface area (Å²) in [5.74, 6) is -0.974. The van der Waals surface area contributed by atoms with Crippen molar-refractivity contribution in [1.29, 1.82) is 0 Å². The topological polar surface area (TPSA) is 103 Å². The molecule has 0 radical (unpaired) electrons. The van der Waals surface area contributed by atoms with Crippen molar-refractivity contribution in [3.63, 3.8) is 0 Å². The number of carbonyl (C=O) groups is 1. The molecule has 102 valence electrons. The van der Waals surface area contributed by atoms with Crippen LogP contribution in [0.4, 0.5) is 5.69 Å². The van der Waals surface area contributed by atoms with Gasteiger partial charge in [0.2, 0.25) is 5.75 Å². The fraction of sp³-hybridized carbons (Fsp3) is 0.0769. The first-order chi connectivity index (χ1) is 9.47. The monoisotopic (exact) mass is 274 g/mol. The quantitative estimate of drug-likeness (QED) is 0.679. The highest BCUT2D eigenvalue weighted by atomic mass is 16.6. The first-order valence-electron chi connectivity index (χ1n) is 5.59. The molecule has 2 aromatic rings. The number of carboxylic acid groups (broad SMARTS) is 1. The number of aromatic carboxylic acids is 1. The molecule has 1 heterocycles. The van der Waals surface area contributed by atoms with Crippen molar-refractivity contribution >= 4 is 11.7 Å². The number of nitro groups is 1. The molecule has 0 saturated heterocycles. The van der Waals surface area contributed by atoms with E-state index in [9.17, 15) is 14.9 Å². The van der Waals surface area contributed by atoms with E-state index in [0.717, 1.165) is 5.56 Å². The van der Waals surface area contributed by atoms with Gasteiger partial charge in [-0.1, -0.05) is 6.07 Å². The van der Waals surface area contributed by atoms with Gasteiger partial charge in [-0.25, -0.2) is 9.78 Å². The van der Waals surface area contributed by atoms with E-state index in [0.29, 0.717) is 0 Å². The molecule has 7 heteroatoms. The number of carboxylic acids is 1. The molecule has 1 aromatic heterocycles. The molecule has 0 saturated carbocycles. The van der Waals surface area contributed by atoms with Crippen molar-refractivity contribution in [1.82, 2.24) is 4.98 Å². The minimum Gasteiger partial charge on any atom is -0.477 e. The molecule has 7 nitrogen and oxygen atoms in total. The highest BCUT2D eigenvalue weighted by molar-refractivity contribution is 5.85. The zero-order chi connectivity index (χ0) is 14.7. The number of benzene rings is 1. The lowest BCUT2D eigenvalue weighted by molar-refractivity contribution is -0.385. The lowest BCUT2D eigenvalue weighted by Crippen LogP contribution is -2.00. The fourth-order valence-corrected chi connectivity index (χ4v) is 1.57. The predicted octanol–water partition coefficient (Wildman–Crippen LogP) is 2.79. The number of nitrogens with zero attached hydrogens (tertiary/aromatic N) is 2. The summed E-state index contributed by atoms with van der Waals surface area (Å²) >= 11 is 0. The van der Waals surface area contributed by atoms with Gasteiger partial charge in [-0.05, 0) is 24.6 Å². The van der Waals surface area contributed by atoms with Gasteiger partial charge >= 0.3 is 11.7 Å². The molecule has 2 rings (SSSR count). The summed E-state index contributed by atoms with van der Waals surface area (Å²) in [6, 6.07) is 7.08. The van der Waals surface area contributed by atoms with Crippen LogP contribution in [0, 0.1) is 17.0 Å². The van der Waals surface area contributed by atoms with Gasteiger partial charge in [-0.2, -0.15) is 0 Å². The van der Waals surface area contributed by atoms with Gasteiger partial charge in [-0.15, -0.1) is 0 Å². The van der Waals surface area contributed by atoms with Crippen molar-refractivity contribution in [3.05, 3.63) is 57.9 Å². The van der Waals surface area contributed by atoms with Crippen LogP contribution in [-0.2, 0) is 0 Å². The van der Waals surface area contributed by atoms with Gasteiger partial charge in [0.25, 0.3) is 0 Å². The third kappa shape index (κ3) is 2.89. The van der Waals surface area contributed by atoms with Crippen molar-refractivity contribution in [2.75, 3.05) is 0 Å². The molecule has 1 aromatic carbocycles. The minimum absolute atomic E-state index is 0.0533. The van der Waals surface area contributed by atoms with Gasteiger partial charge in [0, 0.05) is 18.3 Å². The van der Waals surface area contributed by atoms with Crippen molar-refractivity contribution in [2.45, 2.75) is 6.92 Å². The Bertz CT molecular complexity index is 684. The third-order valence-electron chi connectivity index (χ3n) is 2.49. The summed E-state index contributed by atoms with van der Waals surface area (Å²) in [6.45, 7) is 1.77. The third-order valence-corrected chi connectivity index (χ3v) is 2.49. The maximum absolute atomic E-state index is 10.9. The van der Waals surface area contributed by atoms with Crippen LogP contribution in [0.1, 0.15) is 16.1 Å². The molecule has 0 spiro atoms. The number of ether oxygens (including phenoxy) is 1. The molecule has 0 aliphatic carbocycles. The molecule has 0 aliphatic heterocycles. The molecule has 0 amide bonds. The molecule has 0 aliphatic rings. The zero-order valence-electron chi connectivity index (χ0n) is 10.4. The van der Waals surface area contributed by atoms with Crippen LogP contribution in [0.3, 0.4) is 0 Å². The number of rotatable bonds is 4. The van der Waals surface area contributed by atoms with E-state index in [1.54, 1.807) is 13.0 Å². The molecular formula is C13H10N2O5. The Balaban J connectivity index is 2.39. The summed E-state index contributed by atoms with van der Waals surface area (Å²) < 4.78 is 5.40. The van der Waals surface area contributed by atoms with Crippen LogP contribution in [0.5, 0.6) is 11.5 Å². The number of hydrogen-bond donors (Lipinski definition) is 1. The molecular weight excluding hydrogens is 264 g/mol. The van der Waals surface area contributed by atoms with Crippen molar-refractivity contribution in [2.24, 2.45) is 0 Å². The lowest BCUT2D eigenvalue weighted by Gasteiger charge is -2.07. The molecule has 1 N–H and O–H groups in total. The molecule has 0 unspecified atom stereocenters. The van der Waals surface area contributed by atoms with Gasteiger partial charge < -0.3 is 9.84 Å². The van der Waals surface area contributed by atoms with Crippen LogP contribution in [-0.4, -0.2) is 21.0 Å². The molecule has 20 heavy (non-hydrogen) atoms. The Kier molecular flexibility index (Phi) is 3.60. The smallest absolute Gasteiger partial charge is 0.354 e. The van der Waals surface area contributed by atoms with E-state index in [1.807, 2.05) is 0 Å². The van der Waals surface area contributed by atoms with Crippen LogP contribution >= 0.6 is 0 Å². The Labute approximate surface area is 113 Å². The highest BCUT2D eigenvalue weighted by Gasteiger charge is 2.16. The summed E-state index contributed by atoms with van der Waals surface area (Å²) in [7, 11) is 0. The van der Waals surface area contributed by atoms with Crippen LogP contribution in [0.25, 0.3) is 0 Å². The average molecular weight is 274 g/mol. The van der Waals surface area contributed by atoms with E-state index in [1.165, 1.54) is 30.5 Å². The van der Waals surface area contributed by atoms with Crippen LogP contribution in [0.15, 0.2) is 36.5 Å². The van der Waals surface area contributed by atoms with Crippen molar-refractivity contribution < 1.29 is 19.6 Å². The van der Waals surface area contributed by atoms with E-state index in [4.69, 9.17) is 9.84 Å².